The van der Waals surface area contributed by atoms with Crippen LogP contribution < -0.4 is 15.5 Å². The molecule has 1 unspecified atom stereocenters. The second-order valence-electron chi connectivity index (χ2n) is 6.55. The Labute approximate surface area is 175 Å². The summed E-state index contributed by atoms with van der Waals surface area (Å²) in [7, 11) is 1.49. The van der Waals surface area contributed by atoms with Crippen LogP contribution in [0.1, 0.15) is 32.6 Å². The third kappa shape index (κ3) is 6.13. The lowest BCUT2D eigenvalue weighted by Crippen LogP contribution is -2.49. The molecule has 0 saturated carbocycles. The van der Waals surface area contributed by atoms with Crippen LogP contribution in [0.25, 0.3) is 0 Å². The summed E-state index contributed by atoms with van der Waals surface area (Å²) in [5, 5.41) is 12.9. The van der Waals surface area contributed by atoms with Gasteiger partial charge in [-0.05, 0) is 49.3 Å². The molecule has 1 atom stereocenters. The van der Waals surface area contributed by atoms with Crippen molar-refractivity contribution in [2.24, 2.45) is 0 Å². The van der Waals surface area contributed by atoms with E-state index >= 15 is 0 Å². The predicted octanol–water partition coefficient (Wildman–Crippen LogP) is 1.04. The van der Waals surface area contributed by atoms with Crippen molar-refractivity contribution in [1.29, 1.82) is 0 Å². The fourth-order valence-corrected chi connectivity index (χ4v) is 2.96. The number of carbonyl (C=O) groups is 3. The van der Waals surface area contributed by atoms with E-state index < -0.39 is 17.9 Å². The quantitative estimate of drug-likeness (QED) is 0.483. The molecule has 1 aromatic rings. The molecule has 1 aromatic carbocycles. The summed E-state index contributed by atoms with van der Waals surface area (Å²) in [5.41, 5.74) is 3.12. The number of thiocarbonyl (C=S) groups is 1. The summed E-state index contributed by atoms with van der Waals surface area (Å²) in [4.78, 5) is 38.1. The Morgan fingerprint density at radius 2 is 1.93 bits per heavy atom. The second kappa shape index (κ2) is 10.7. The van der Waals surface area contributed by atoms with Crippen LogP contribution in [-0.4, -0.2) is 64.2 Å². The van der Waals surface area contributed by atoms with Gasteiger partial charge in [0, 0.05) is 25.8 Å². The first kappa shape index (κ1) is 22.6. The number of benzene rings is 1. The smallest absolute Gasteiger partial charge is 0.253 e. The van der Waals surface area contributed by atoms with Crippen LogP contribution in [0.5, 0.6) is 5.75 Å². The van der Waals surface area contributed by atoms with Gasteiger partial charge < -0.3 is 15.2 Å². The van der Waals surface area contributed by atoms with E-state index in [1.54, 1.807) is 24.3 Å². The third-order valence-electron chi connectivity index (χ3n) is 4.22. The molecule has 1 fully saturated rings. The van der Waals surface area contributed by atoms with Crippen LogP contribution in [0.4, 0.5) is 5.69 Å². The number of nitrogens with one attached hydrogen (secondary N) is 2. The van der Waals surface area contributed by atoms with Crippen molar-refractivity contribution in [3.63, 3.8) is 0 Å². The van der Waals surface area contributed by atoms with Gasteiger partial charge in [0.1, 0.15) is 11.8 Å². The molecule has 1 heterocycles. The van der Waals surface area contributed by atoms with E-state index in [9.17, 15) is 14.4 Å². The van der Waals surface area contributed by atoms with Crippen LogP contribution >= 0.6 is 12.2 Å². The molecule has 158 valence electrons. The average Bonchev–Trinajstić information content (AvgIpc) is 2.90. The van der Waals surface area contributed by atoms with Crippen molar-refractivity contribution in [3.8, 4) is 5.75 Å². The maximum absolute atomic E-state index is 12.5. The molecule has 0 aliphatic carbocycles. The Morgan fingerprint density at radius 3 is 2.55 bits per heavy atom. The van der Waals surface area contributed by atoms with Gasteiger partial charge in [-0.25, -0.2) is 5.01 Å². The van der Waals surface area contributed by atoms with Crippen LogP contribution in [0.15, 0.2) is 24.3 Å². The summed E-state index contributed by atoms with van der Waals surface area (Å²) >= 11 is 5.20. The highest BCUT2D eigenvalue weighted by atomic mass is 32.1. The number of hydrogen-bond acceptors (Lipinski definition) is 6. The van der Waals surface area contributed by atoms with Crippen LogP contribution in [0.2, 0.25) is 0 Å². The molecule has 1 aliphatic heterocycles. The Kier molecular flexibility index (Phi) is 8.34. The van der Waals surface area contributed by atoms with E-state index in [1.165, 1.54) is 17.0 Å². The normalized spacial score (nSPS) is 16.2. The van der Waals surface area contributed by atoms with Gasteiger partial charge in [-0.3, -0.25) is 24.7 Å². The summed E-state index contributed by atoms with van der Waals surface area (Å²) < 4.78 is 5.50. The minimum Gasteiger partial charge on any atom is -0.494 e. The predicted molar refractivity (Wildman–Crippen MR) is 111 cm³/mol. The molecular formula is C19H26N4O5S. The number of hydrogen-bond donors (Lipinski definition) is 3. The van der Waals surface area contributed by atoms with Crippen molar-refractivity contribution in [3.05, 3.63) is 24.3 Å². The Hall–Kier alpha value is -2.72. The number of carbonyl (C=O) groups excluding carboxylic acids is 3. The van der Waals surface area contributed by atoms with Crippen LogP contribution in [-0.2, 0) is 14.4 Å². The molecule has 9 nitrogen and oxygen atoms in total. The number of nitrogens with zero attached hydrogens (tertiary/aromatic N) is 2. The molecule has 29 heavy (non-hydrogen) atoms. The first-order valence-electron chi connectivity index (χ1n) is 9.41. The zero-order valence-corrected chi connectivity index (χ0v) is 17.3. The number of likely N-dealkylation sites (N-methyl/N-ethyl adjacent to an activating group) is 1. The van der Waals surface area contributed by atoms with Crippen LogP contribution in [0.3, 0.4) is 0 Å². The number of amides is 3. The number of aliphatic hydroxyl groups excluding tert-OH is 1. The second-order valence-corrected chi connectivity index (χ2v) is 6.92. The van der Waals surface area contributed by atoms with Crippen molar-refractivity contribution < 1.29 is 24.2 Å². The van der Waals surface area contributed by atoms with Gasteiger partial charge in [-0.15, -0.1) is 0 Å². The van der Waals surface area contributed by atoms with Gasteiger partial charge in [0.2, 0.25) is 11.8 Å². The van der Waals surface area contributed by atoms with E-state index in [4.69, 9.17) is 22.1 Å². The minimum atomic E-state index is -0.933. The average molecular weight is 423 g/mol. The topological polar surface area (TPSA) is 111 Å². The van der Waals surface area contributed by atoms with Gasteiger partial charge in [0.15, 0.2) is 5.11 Å². The highest BCUT2D eigenvalue weighted by Gasteiger charge is 2.42. The van der Waals surface area contributed by atoms with Crippen molar-refractivity contribution in [2.75, 3.05) is 25.6 Å². The molecule has 0 radical (unpaired) electrons. The summed E-state index contributed by atoms with van der Waals surface area (Å²) in [6, 6.07) is 6.00. The molecule has 3 amide bonds. The molecule has 10 heteroatoms. The maximum atomic E-state index is 12.5. The molecule has 0 spiro atoms. The number of hydrazine groups is 1. The largest absolute Gasteiger partial charge is 0.494 e. The van der Waals surface area contributed by atoms with E-state index in [-0.39, 0.29) is 30.5 Å². The summed E-state index contributed by atoms with van der Waals surface area (Å²) in [6.45, 7) is 2.51. The van der Waals surface area contributed by atoms with E-state index in [2.05, 4.69) is 10.7 Å². The maximum Gasteiger partial charge on any atom is 0.253 e. The van der Waals surface area contributed by atoms with Gasteiger partial charge in [0.05, 0.1) is 13.0 Å². The third-order valence-corrected chi connectivity index (χ3v) is 4.69. The number of aliphatic hydroxyl groups is 1. The summed E-state index contributed by atoms with van der Waals surface area (Å²) in [5.74, 6) is -0.452. The fourth-order valence-electron chi connectivity index (χ4n) is 2.70. The zero-order chi connectivity index (χ0) is 21.4. The van der Waals surface area contributed by atoms with Crippen molar-refractivity contribution in [2.45, 2.75) is 38.6 Å². The lowest BCUT2D eigenvalue weighted by molar-refractivity contribution is -0.132. The van der Waals surface area contributed by atoms with Crippen molar-refractivity contribution in [1.82, 2.24) is 15.3 Å². The number of ether oxygens (including phenoxy) is 1. The first-order chi connectivity index (χ1) is 13.9. The minimum absolute atomic E-state index is 0.0822. The summed E-state index contributed by atoms with van der Waals surface area (Å²) in [6.07, 6.45) is 1.09. The lowest BCUT2D eigenvalue weighted by atomic mass is 10.2. The molecule has 2 rings (SSSR count). The molecule has 3 N–H and O–H groups in total. The monoisotopic (exact) mass is 422 g/mol. The molecular weight excluding hydrogens is 396 g/mol. The van der Waals surface area contributed by atoms with E-state index in [0.717, 1.165) is 6.42 Å². The molecule has 0 aromatic heterocycles. The van der Waals surface area contributed by atoms with Gasteiger partial charge in [0.25, 0.3) is 5.91 Å². The van der Waals surface area contributed by atoms with Crippen molar-refractivity contribution >= 4 is 40.7 Å². The number of rotatable bonds is 10. The van der Waals surface area contributed by atoms with Gasteiger partial charge in [-0.2, -0.15) is 0 Å². The first-order valence-corrected chi connectivity index (χ1v) is 9.82. The number of anilines is 1. The van der Waals surface area contributed by atoms with Gasteiger partial charge >= 0.3 is 0 Å². The molecule has 1 aliphatic rings. The molecule has 0 bridgehead atoms. The Bertz CT molecular complexity index is 755. The lowest BCUT2D eigenvalue weighted by Gasteiger charge is -2.24. The Morgan fingerprint density at radius 1 is 1.24 bits per heavy atom. The van der Waals surface area contributed by atoms with E-state index in [0.29, 0.717) is 24.5 Å². The van der Waals surface area contributed by atoms with Crippen LogP contribution in [0, 0.1) is 0 Å². The van der Waals surface area contributed by atoms with E-state index in [1.807, 2.05) is 6.92 Å². The zero-order valence-electron chi connectivity index (χ0n) is 16.5. The highest BCUT2D eigenvalue weighted by Crippen LogP contribution is 2.20. The Balaban J connectivity index is 1.99. The standard InChI is InChI=1S/C19H26N4O5S/c1-3-11-28-14-8-6-13(7-9-14)20-17(26)12-15-18(27)22(2)19(29)23(15)21-16(25)5-4-10-24/h6-9,15,24H,3-5,10-12H2,1-2H3,(H,20,26)(H,21,25). The highest BCUT2D eigenvalue weighted by molar-refractivity contribution is 7.80. The SMILES string of the molecule is CCCOc1ccc(NC(=O)CC2C(=O)N(C)C(=S)N2NC(=O)CCCO)cc1. The van der Waals surface area contributed by atoms with Gasteiger partial charge in [-0.1, -0.05) is 6.92 Å². The molecule has 1 saturated heterocycles. The fraction of sp³-hybridized carbons (Fsp3) is 0.474.